The van der Waals surface area contributed by atoms with Crippen molar-refractivity contribution in [3.8, 4) is 0 Å². The predicted molar refractivity (Wildman–Crippen MR) is 116 cm³/mol. The molecule has 0 saturated carbocycles. The molecule has 0 bridgehead atoms. The van der Waals surface area contributed by atoms with Crippen LogP contribution >= 0.6 is 0 Å². The predicted octanol–water partition coefficient (Wildman–Crippen LogP) is 4.58. The van der Waals surface area contributed by atoms with Gasteiger partial charge in [0.25, 0.3) is 5.92 Å². The van der Waals surface area contributed by atoms with Crippen LogP contribution in [-0.2, 0) is 27.3 Å². The van der Waals surface area contributed by atoms with Crippen LogP contribution in [0.5, 0.6) is 0 Å². The van der Waals surface area contributed by atoms with Gasteiger partial charge in [-0.15, -0.1) is 0 Å². The summed E-state index contributed by atoms with van der Waals surface area (Å²) in [5.41, 5.74) is 1.32. The first kappa shape index (κ1) is 24.3. The maximum absolute atomic E-state index is 15.1. The molecule has 33 heavy (non-hydrogen) atoms. The quantitative estimate of drug-likeness (QED) is 0.426. The average Bonchev–Trinajstić information content (AvgIpc) is 3.13. The van der Waals surface area contributed by atoms with Crippen LogP contribution in [0.3, 0.4) is 0 Å². The Morgan fingerprint density at radius 3 is 2.27 bits per heavy atom. The fourth-order valence-electron chi connectivity index (χ4n) is 3.54. The molecule has 3 rings (SSSR count). The molecular formula is C24H25F3N2O4. The number of carbonyl (C=O) groups is 2. The van der Waals surface area contributed by atoms with E-state index in [0.29, 0.717) is 16.0 Å². The topological polar surface area (TPSA) is 68.2 Å². The van der Waals surface area contributed by atoms with E-state index in [1.807, 2.05) is 0 Å². The Kier molecular flexibility index (Phi) is 8.08. The molecule has 1 unspecified atom stereocenters. The maximum Gasteiger partial charge on any atom is 0.410 e. The van der Waals surface area contributed by atoms with Crippen LogP contribution in [-0.4, -0.2) is 54.1 Å². The highest BCUT2D eigenvalue weighted by atomic mass is 19.3. The van der Waals surface area contributed by atoms with Gasteiger partial charge in [-0.25, -0.2) is 23.4 Å². The number of benzene rings is 2. The van der Waals surface area contributed by atoms with Gasteiger partial charge in [-0.2, -0.15) is 4.39 Å². The van der Waals surface area contributed by atoms with Crippen LogP contribution in [0.25, 0.3) is 0 Å². The second-order valence-corrected chi connectivity index (χ2v) is 7.56. The lowest BCUT2D eigenvalue weighted by Crippen LogP contribution is -2.47. The largest absolute Gasteiger partial charge is 0.464 e. The third kappa shape index (κ3) is 6.34. The van der Waals surface area contributed by atoms with Gasteiger partial charge in [-0.3, -0.25) is 4.90 Å². The first-order valence-electron chi connectivity index (χ1n) is 10.6. The average molecular weight is 462 g/mol. The molecule has 2 atom stereocenters. The van der Waals surface area contributed by atoms with Crippen molar-refractivity contribution < 1.29 is 32.2 Å². The zero-order valence-corrected chi connectivity index (χ0v) is 18.1. The molecular weight excluding hydrogens is 437 g/mol. The molecule has 0 aromatic heterocycles. The van der Waals surface area contributed by atoms with Gasteiger partial charge in [-0.05, 0) is 18.1 Å². The van der Waals surface area contributed by atoms with E-state index in [4.69, 9.17) is 9.47 Å². The number of alkyl halides is 2. The highest BCUT2D eigenvalue weighted by Gasteiger charge is 2.55. The lowest BCUT2D eigenvalue weighted by atomic mass is 10.1. The minimum absolute atomic E-state index is 0.0266. The Morgan fingerprint density at radius 1 is 1.06 bits per heavy atom. The molecule has 1 aliphatic heterocycles. The van der Waals surface area contributed by atoms with E-state index < -0.39 is 49.0 Å². The highest BCUT2D eigenvalue weighted by molar-refractivity contribution is 5.89. The van der Waals surface area contributed by atoms with Crippen LogP contribution in [0.4, 0.5) is 18.0 Å². The van der Waals surface area contributed by atoms with E-state index in [0.717, 1.165) is 0 Å². The molecule has 6 nitrogen and oxygen atoms in total. The molecule has 2 aromatic carbocycles. The number of ether oxygens (including phenoxy) is 2. The number of carbonyl (C=O) groups excluding carboxylic acids is 2. The van der Waals surface area contributed by atoms with Gasteiger partial charge in [0.2, 0.25) is 5.97 Å². The van der Waals surface area contributed by atoms with E-state index in [2.05, 4.69) is 4.99 Å². The number of likely N-dealkylation sites (tertiary alicyclic amines) is 1. The third-order valence-corrected chi connectivity index (χ3v) is 5.17. The molecule has 176 valence electrons. The van der Waals surface area contributed by atoms with Crippen molar-refractivity contribution in [2.45, 2.75) is 44.4 Å². The Bertz CT molecular complexity index is 970. The van der Waals surface area contributed by atoms with Crippen molar-refractivity contribution >= 4 is 18.0 Å². The number of hydrogen-bond acceptors (Lipinski definition) is 5. The summed E-state index contributed by atoms with van der Waals surface area (Å²) >= 11 is 0. The van der Waals surface area contributed by atoms with Crippen molar-refractivity contribution in [3.05, 3.63) is 71.8 Å². The van der Waals surface area contributed by atoms with Gasteiger partial charge >= 0.3 is 12.1 Å². The number of esters is 1. The summed E-state index contributed by atoms with van der Waals surface area (Å²) in [5.74, 6) is -5.91. The molecule has 0 spiro atoms. The van der Waals surface area contributed by atoms with Crippen LogP contribution in [0.1, 0.15) is 24.5 Å². The standard InChI is InChI=1S/C24H25F3N2O4/c1-2-32-22(30)19(15-17-9-5-3-6-10-17)28-21(25)20-24(26,27)13-14-29(20)23(31)33-16-18-11-7-4-8-12-18/h3-12,19-20H,2,13-16H2,1H3/t19-,20?/m1/s1. The summed E-state index contributed by atoms with van der Waals surface area (Å²) in [6.07, 6.45) is -1.87. The highest BCUT2D eigenvalue weighted by Crippen LogP contribution is 2.36. The Labute approximate surface area is 190 Å². The van der Waals surface area contributed by atoms with Crippen LogP contribution < -0.4 is 0 Å². The van der Waals surface area contributed by atoms with E-state index in [1.54, 1.807) is 67.6 Å². The Hall–Kier alpha value is -3.36. The summed E-state index contributed by atoms with van der Waals surface area (Å²) in [5, 5.41) is 0. The van der Waals surface area contributed by atoms with Crippen LogP contribution in [0.2, 0.25) is 0 Å². The van der Waals surface area contributed by atoms with E-state index >= 15 is 4.39 Å². The second kappa shape index (κ2) is 11.0. The maximum atomic E-state index is 15.1. The molecule has 1 saturated heterocycles. The lowest BCUT2D eigenvalue weighted by Gasteiger charge is -2.25. The number of amides is 1. The fourth-order valence-corrected chi connectivity index (χ4v) is 3.54. The molecule has 0 N–H and O–H groups in total. The second-order valence-electron chi connectivity index (χ2n) is 7.56. The third-order valence-electron chi connectivity index (χ3n) is 5.17. The normalized spacial score (nSPS) is 18.6. The van der Waals surface area contributed by atoms with Gasteiger partial charge in [-0.1, -0.05) is 60.7 Å². The molecule has 1 fully saturated rings. The van der Waals surface area contributed by atoms with Crippen molar-refractivity contribution in [1.29, 1.82) is 0 Å². The number of aliphatic imine (C=N–C) groups is 1. The van der Waals surface area contributed by atoms with Gasteiger partial charge in [0.15, 0.2) is 12.1 Å². The zero-order valence-electron chi connectivity index (χ0n) is 18.1. The number of nitrogens with zero attached hydrogens (tertiary/aromatic N) is 2. The molecule has 2 aromatic rings. The lowest BCUT2D eigenvalue weighted by molar-refractivity contribution is -0.144. The monoisotopic (exact) mass is 462 g/mol. The fraction of sp³-hybridized carbons (Fsp3) is 0.375. The molecule has 0 aliphatic carbocycles. The molecule has 0 radical (unpaired) electrons. The Morgan fingerprint density at radius 2 is 1.67 bits per heavy atom. The van der Waals surface area contributed by atoms with Crippen molar-refractivity contribution in [1.82, 2.24) is 4.90 Å². The number of rotatable bonds is 8. The molecule has 1 amide bonds. The zero-order chi connectivity index (χ0) is 23.8. The first-order valence-corrected chi connectivity index (χ1v) is 10.6. The SMILES string of the molecule is CCOC(=O)[C@@H](Cc1ccccc1)N=C(F)C1N(C(=O)OCc2ccccc2)CCC1(F)F. The number of halogens is 3. The summed E-state index contributed by atoms with van der Waals surface area (Å²) < 4.78 is 54.4. The van der Waals surface area contributed by atoms with Gasteiger partial charge in [0.1, 0.15) is 6.61 Å². The molecule has 9 heteroatoms. The minimum Gasteiger partial charge on any atom is -0.464 e. The smallest absolute Gasteiger partial charge is 0.410 e. The van der Waals surface area contributed by atoms with E-state index in [-0.39, 0.29) is 19.6 Å². The van der Waals surface area contributed by atoms with Crippen LogP contribution in [0.15, 0.2) is 65.7 Å². The van der Waals surface area contributed by atoms with Gasteiger partial charge in [0, 0.05) is 19.4 Å². The summed E-state index contributed by atoms with van der Waals surface area (Å²) in [7, 11) is 0. The van der Waals surface area contributed by atoms with E-state index in [9.17, 15) is 18.4 Å². The number of hydrogen-bond donors (Lipinski definition) is 0. The summed E-state index contributed by atoms with van der Waals surface area (Å²) in [6.45, 7) is 1.05. The summed E-state index contributed by atoms with van der Waals surface area (Å²) in [6, 6.07) is 13.7. The Balaban J connectivity index is 1.80. The van der Waals surface area contributed by atoms with Crippen molar-refractivity contribution in [3.63, 3.8) is 0 Å². The summed E-state index contributed by atoms with van der Waals surface area (Å²) in [4.78, 5) is 29.1. The van der Waals surface area contributed by atoms with Crippen molar-refractivity contribution in [2.24, 2.45) is 4.99 Å². The minimum atomic E-state index is -3.56. The van der Waals surface area contributed by atoms with Crippen molar-refractivity contribution in [2.75, 3.05) is 13.2 Å². The van der Waals surface area contributed by atoms with Gasteiger partial charge < -0.3 is 9.47 Å². The first-order chi connectivity index (χ1) is 15.8. The van der Waals surface area contributed by atoms with Crippen LogP contribution in [0, 0.1) is 0 Å². The van der Waals surface area contributed by atoms with E-state index in [1.165, 1.54) is 0 Å². The molecule has 1 aliphatic rings. The molecule has 1 heterocycles. The van der Waals surface area contributed by atoms with Gasteiger partial charge in [0.05, 0.1) is 6.61 Å².